The van der Waals surface area contributed by atoms with Gasteiger partial charge in [0.15, 0.2) is 5.82 Å². The number of carbonyl (C=O) groups is 1. The average molecular weight is 467 g/mol. The van der Waals surface area contributed by atoms with Gasteiger partial charge >= 0.3 is 5.97 Å². The Morgan fingerprint density at radius 3 is 2.54 bits per heavy atom. The van der Waals surface area contributed by atoms with E-state index in [1.807, 2.05) is 28.8 Å². The zero-order chi connectivity index (χ0) is 24.2. The quantitative estimate of drug-likeness (QED) is 0.327. The van der Waals surface area contributed by atoms with Crippen molar-refractivity contribution >= 4 is 11.5 Å². The molecule has 35 heavy (non-hydrogen) atoms. The molecule has 5 rings (SSSR count). The Hall–Kier alpha value is -4.33. The number of aromatic amines is 1. The lowest BCUT2D eigenvalue weighted by Crippen LogP contribution is -2.03. The van der Waals surface area contributed by atoms with Gasteiger partial charge in [0.1, 0.15) is 0 Å². The van der Waals surface area contributed by atoms with Crippen molar-refractivity contribution in [1.82, 2.24) is 30.2 Å². The highest BCUT2D eigenvalue weighted by atomic mass is 16.5. The van der Waals surface area contributed by atoms with E-state index in [2.05, 4.69) is 57.9 Å². The van der Waals surface area contributed by atoms with Gasteiger partial charge in [-0.25, -0.2) is 14.4 Å². The first-order valence-corrected chi connectivity index (χ1v) is 11.7. The van der Waals surface area contributed by atoms with Crippen molar-refractivity contribution in [3.05, 3.63) is 89.2 Å². The first-order chi connectivity index (χ1) is 17.2. The summed E-state index contributed by atoms with van der Waals surface area (Å²) < 4.78 is 6.68. The zero-order valence-corrected chi connectivity index (χ0v) is 19.7. The van der Waals surface area contributed by atoms with Crippen molar-refractivity contribution < 1.29 is 9.53 Å². The molecule has 0 aliphatic heterocycles. The van der Waals surface area contributed by atoms with Crippen molar-refractivity contribution in [2.24, 2.45) is 0 Å². The Morgan fingerprint density at radius 2 is 1.83 bits per heavy atom. The van der Waals surface area contributed by atoms with Crippen LogP contribution >= 0.6 is 0 Å². The highest BCUT2D eigenvalue weighted by molar-refractivity contribution is 5.89. The summed E-state index contributed by atoms with van der Waals surface area (Å²) in [5.41, 5.74) is 8.06. The Morgan fingerprint density at radius 1 is 1.03 bits per heavy atom. The number of fused-ring (bicyclic) bond motifs is 1. The van der Waals surface area contributed by atoms with Gasteiger partial charge in [0.25, 0.3) is 0 Å². The van der Waals surface area contributed by atoms with Crippen molar-refractivity contribution in [1.29, 1.82) is 0 Å². The number of carbonyl (C=O) groups excluding carboxylic acids is 1. The number of aryl methyl sites for hydroxylation is 1. The molecule has 8 nitrogen and oxygen atoms in total. The van der Waals surface area contributed by atoms with E-state index < -0.39 is 0 Å². The molecule has 176 valence electrons. The number of H-pyrrole nitrogens is 1. The van der Waals surface area contributed by atoms with E-state index >= 15 is 0 Å². The number of ether oxygens (including phenoxy) is 1. The second kappa shape index (κ2) is 9.89. The molecule has 3 aromatic heterocycles. The van der Waals surface area contributed by atoms with Crippen molar-refractivity contribution in [3.8, 4) is 22.5 Å². The van der Waals surface area contributed by atoms with E-state index in [4.69, 9.17) is 9.84 Å². The number of methoxy groups -OCH3 is 1. The number of pyridine rings is 1. The standard InChI is InChI=1S/C27H26N6O2/c1-3-4-9-24-23(25-15-14-20(27(34)35-2)17-33(25)30-24)16-18-10-12-19(13-11-18)21-7-5-6-8-22(21)26-28-31-32-29-26/h5-8,10-15,17H,3-4,9,16H2,1-2H3,(H,28,29,31,32). The smallest absolute Gasteiger partial charge is 0.339 e. The lowest BCUT2D eigenvalue weighted by atomic mass is 9.96. The molecule has 2 aromatic carbocycles. The Balaban J connectivity index is 1.47. The molecule has 0 saturated carbocycles. The molecule has 0 amide bonds. The number of hydrogen-bond donors (Lipinski definition) is 1. The van der Waals surface area contributed by atoms with Crippen molar-refractivity contribution in [3.63, 3.8) is 0 Å². The van der Waals surface area contributed by atoms with Crippen molar-refractivity contribution in [2.75, 3.05) is 7.11 Å². The first kappa shape index (κ1) is 22.5. The molecular formula is C27H26N6O2. The molecule has 0 atom stereocenters. The van der Waals surface area contributed by atoms with Gasteiger partial charge < -0.3 is 4.74 Å². The van der Waals surface area contributed by atoms with Crippen LogP contribution in [0.4, 0.5) is 0 Å². The maximum Gasteiger partial charge on any atom is 0.339 e. The fraction of sp³-hybridized carbons (Fsp3) is 0.222. The SMILES string of the molecule is CCCCc1nn2cc(C(=O)OC)ccc2c1Cc1ccc(-c2ccccc2-c2nnn[nH]2)cc1. The normalized spacial score (nSPS) is 11.1. The van der Waals surface area contributed by atoms with Gasteiger partial charge in [-0.05, 0) is 52.1 Å². The summed E-state index contributed by atoms with van der Waals surface area (Å²) in [6, 6.07) is 20.4. The number of hydrogen-bond acceptors (Lipinski definition) is 6. The van der Waals surface area contributed by atoms with Crippen LogP contribution in [0.2, 0.25) is 0 Å². The molecule has 8 heteroatoms. The molecule has 0 bridgehead atoms. The molecule has 0 fully saturated rings. The minimum absolute atomic E-state index is 0.365. The van der Waals surface area contributed by atoms with E-state index in [0.717, 1.165) is 53.6 Å². The van der Waals surface area contributed by atoms with Crippen LogP contribution in [-0.4, -0.2) is 43.3 Å². The van der Waals surface area contributed by atoms with Gasteiger partial charge in [-0.1, -0.05) is 61.9 Å². The molecule has 0 saturated heterocycles. The number of nitrogens with one attached hydrogen (secondary N) is 1. The van der Waals surface area contributed by atoms with Crippen LogP contribution in [0.3, 0.4) is 0 Å². The summed E-state index contributed by atoms with van der Waals surface area (Å²) in [6.07, 6.45) is 5.56. The highest BCUT2D eigenvalue weighted by Crippen LogP contribution is 2.30. The molecule has 0 unspecified atom stereocenters. The Kier molecular flexibility index (Phi) is 6.34. The fourth-order valence-electron chi connectivity index (χ4n) is 4.35. The molecule has 1 N–H and O–H groups in total. The molecule has 3 heterocycles. The van der Waals surface area contributed by atoms with Crippen molar-refractivity contribution in [2.45, 2.75) is 32.6 Å². The second-order valence-corrected chi connectivity index (χ2v) is 8.44. The topological polar surface area (TPSA) is 98.1 Å². The number of nitrogens with zero attached hydrogens (tertiary/aromatic N) is 5. The fourth-order valence-corrected chi connectivity index (χ4v) is 4.35. The molecular weight excluding hydrogens is 440 g/mol. The number of aromatic nitrogens is 6. The summed E-state index contributed by atoms with van der Waals surface area (Å²) in [5.74, 6) is 0.277. The zero-order valence-electron chi connectivity index (χ0n) is 19.7. The largest absolute Gasteiger partial charge is 0.465 e. The second-order valence-electron chi connectivity index (χ2n) is 8.44. The number of benzene rings is 2. The van der Waals surface area contributed by atoms with Crippen LogP contribution in [0, 0.1) is 0 Å². The lowest BCUT2D eigenvalue weighted by molar-refractivity contribution is 0.0600. The summed E-state index contributed by atoms with van der Waals surface area (Å²) in [6.45, 7) is 2.18. The van der Waals surface area contributed by atoms with E-state index in [-0.39, 0.29) is 5.97 Å². The minimum Gasteiger partial charge on any atom is -0.465 e. The summed E-state index contributed by atoms with van der Waals surface area (Å²) in [7, 11) is 1.39. The third-order valence-electron chi connectivity index (χ3n) is 6.18. The third kappa shape index (κ3) is 4.55. The maximum atomic E-state index is 12.0. The van der Waals surface area contributed by atoms with Crippen LogP contribution in [0.1, 0.15) is 46.9 Å². The Labute approximate surface area is 203 Å². The van der Waals surface area contributed by atoms with E-state index in [0.29, 0.717) is 11.4 Å². The Bertz CT molecular complexity index is 1460. The number of rotatable bonds is 8. The predicted octanol–water partition coefficient (Wildman–Crippen LogP) is 4.90. The van der Waals surface area contributed by atoms with Gasteiger partial charge in [0.2, 0.25) is 0 Å². The summed E-state index contributed by atoms with van der Waals surface area (Å²) in [5, 5.41) is 19.2. The third-order valence-corrected chi connectivity index (χ3v) is 6.18. The van der Waals surface area contributed by atoms with Crippen LogP contribution in [0.25, 0.3) is 28.0 Å². The average Bonchev–Trinajstić information content (AvgIpc) is 3.56. The van der Waals surface area contributed by atoms with Gasteiger partial charge in [0, 0.05) is 23.7 Å². The molecule has 5 aromatic rings. The molecule has 0 radical (unpaired) electrons. The molecule has 0 aliphatic carbocycles. The predicted molar refractivity (Wildman–Crippen MR) is 133 cm³/mol. The van der Waals surface area contributed by atoms with Gasteiger partial charge in [0.05, 0.1) is 23.9 Å². The van der Waals surface area contributed by atoms with Crippen LogP contribution < -0.4 is 0 Å². The van der Waals surface area contributed by atoms with Gasteiger partial charge in [-0.2, -0.15) is 5.10 Å². The van der Waals surface area contributed by atoms with Crippen LogP contribution in [0.5, 0.6) is 0 Å². The lowest BCUT2D eigenvalue weighted by Gasteiger charge is -2.09. The highest BCUT2D eigenvalue weighted by Gasteiger charge is 2.16. The minimum atomic E-state index is -0.365. The molecule has 0 aliphatic rings. The molecule has 0 spiro atoms. The van der Waals surface area contributed by atoms with E-state index in [9.17, 15) is 4.79 Å². The van der Waals surface area contributed by atoms with Crippen LogP contribution in [-0.2, 0) is 17.6 Å². The van der Waals surface area contributed by atoms with E-state index in [1.54, 1.807) is 12.3 Å². The first-order valence-electron chi connectivity index (χ1n) is 11.7. The number of tetrazole rings is 1. The van der Waals surface area contributed by atoms with Gasteiger partial charge in [-0.3, -0.25) is 0 Å². The van der Waals surface area contributed by atoms with Crippen LogP contribution in [0.15, 0.2) is 66.9 Å². The van der Waals surface area contributed by atoms with E-state index in [1.165, 1.54) is 18.2 Å². The summed E-state index contributed by atoms with van der Waals surface area (Å²) >= 11 is 0. The van der Waals surface area contributed by atoms with Gasteiger partial charge in [-0.15, -0.1) is 5.10 Å². The monoisotopic (exact) mass is 466 g/mol. The number of esters is 1. The summed E-state index contributed by atoms with van der Waals surface area (Å²) in [4.78, 5) is 12.0. The number of unbranched alkanes of at least 4 members (excludes halogenated alkanes) is 1. The maximum absolute atomic E-state index is 12.0.